The molecule has 1 atom stereocenters. The molecule has 1 N–H and O–H groups in total. The zero-order valence-corrected chi connectivity index (χ0v) is 11.4. The maximum absolute atomic E-state index is 12.3. The van der Waals surface area contributed by atoms with Crippen LogP contribution in [0.3, 0.4) is 0 Å². The average Bonchev–Trinajstić information content (AvgIpc) is 2.50. The summed E-state index contributed by atoms with van der Waals surface area (Å²) < 4.78 is 58.8. The van der Waals surface area contributed by atoms with Crippen LogP contribution in [0.4, 0.5) is 8.78 Å². The quantitative estimate of drug-likeness (QED) is 0.862. The predicted molar refractivity (Wildman–Crippen MR) is 70.6 cm³/mol. The molecule has 1 unspecified atom stereocenters. The minimum absolute atomic E-state index is 0.0193. The van der Waals surface area contributed by atoms with Gasteiger partial charge in [0.15, 0.2) is 5.84 Å². The van der Waals surface area contributed by atoms with E-state index in [1.54, 1.807) is 6.26 Å². The third kappa shape index (κ3) is 2.76. The molecule has 2 rings (SSSR count). The fraction of sp³-hybridized carbons (Fsp3) is 0.200. The molecule has 1 aromatic rings. The van der Waals surface area contributed by atoms with Crippen LogP contribution in [0, 0.1) is 0 Å². The van der Waals surface area contributed by atoms with Crippen molar-refractivity contribution in [3.8, 4) is 5.75 Å². The Balaban J connectivity index is 2.66. The van der Waals surface area contributed by atoms with Crippen LogP contribution in [0.5, 0.6) is 5.75 Å². The van der Waals surface area contributed by atoms with Crippen LogP contribution in [0.25, 0.3) is 0 Å². The lowest BCUT2D eigenvalue weighted by atomic mass is 10.2. The van der Waals surface area contributed by atoms with Gasteiger partial charge in [0.25, 0.3) is 10.0 Å². The summed E-state index contributed by atoms with van der Waals surface area (Å²) in [6, 6.07) is 3.89. The molecule has 1 aromatic carbocycles. The highest BCUT2D eigenvalue weighted by Gasteiger charge is 2.34. The highest BCUT2D eigenvalue weighted by molar-refractivity contribution is 8.12. The summed E-state index contributed by atoms with van der Waals surface area (Å²) in [6.07, 6.45) is 1.66. The first-order valence-electron chi connectivity index (χ1n) is 4.96. The van der Waals surface area contributed by atoms with Crippen molar-refractivity contribution in [3.05, 3.63) is 23.8 Å². The van der Waals surface area contributed by atoms with E-state index < -0.39 is 27.3 Å². The van der Waals surface area contributed by atoms with E-state index in [4.69, 9.17) is 0 Å². The number of sulfonamides is 1. The van der Waals surface area contributed by atoms with Crippen LogP contribution in [0.15, 0.2) is 27.5 Å². The minimum atomic E-state index is -3.79. The Labute approximate surface area is 111 Å². The molecular weight excluding hydrogens is 298 g/mol. The summed E-state index contributed by atoms with van der Waals surface area (Å²) in [5, 5.41) is 0. The molecule has 0 spiro atoms. The summed E-state index contributed by atoms with van der Waals surface area (Å²) in [5.74, 6) is 3.38. The Morgan fingerprint density at radius 1 is 1.47 bits per heavy atom. The number of nitrogens with one attached hydrogen (secondary N) is 1. The smallest absolute Gasteiger partial charge is 0.387 e. The molecule has 0 radical (unpaired) electrons. The number of hydrogen-bond donors (Lipinski definition) is 1. The van der Waals surface area contributed by atoms with Crippen molar-refractivity contribution in [3.63, 3.8) is 0 Å². The second kappa shape index (κ2) is 4.89. The van der Waals surface area contributed by atoms with E-state index in [1.807, 2.05) is 0 Å². The van der Waals surface area contributed by atoms with Gasteiger partial charge in [-0.15, -0.1) is 0 Å². The molecule has 19 heavy (non-hydrogen) atoms. The van der Waals surface area contributed by atoms with E-state index in [-0.39, 0.29) is 22.0 Å². The van der Waals surface area contributed by atoms with Gasteiger partial charge in [0.1, 0.15) is 10.6 Å². The van der Waals surface area contributed by atoms with Gasteiger partial charge in [-0.2, -0.15) is 8.78 Å². The summed E-state index contributed by atoms with van der Waals surface area (Å²) in [7, 11) is -4.49. The van der Waals surface area contributed by atoms with Gasteiger partial charge in [-0.05, 0) is 18.4 Å². The standard InChI is InChI=1S/C10H10F2N2O3S2/c1-18(2)13-9-8-6(17-10(11)12)4-3-5-7(8)19(15,16)14-9/h3-5,10H,1H2,2H3,(H,13,14). The number of rotatable bonds is 3. The second-order valence-electron chi connectivity index (χ2n) is 3.65. The Morgan fingerprint density at radius 3 is 2.74 bits per heavy atom. The molecule has 1 aliphatic rings. The maximum atomic E-state index is 12.3. The molecule has 0 saturated heterocycles. The minimum Gasteiger partial charge on any atom is -0.434 e. The number of benzene rings is 1. The number of ether oxygens (including phenoxy) is 1. The van der Waals surface area contributed by atoms with Gasteiger partial charge >= 0.3 is 6.61 Å². The number of hydrogen-bond acceptors (Lipinski definition) is 4. The first-order valence-corrected chi connectivity index (χ1v) is 8.21. The lowest BCUT2D eigenvalue weighted by molar-refractivity contribution is -0.0500. The molecule has 0 bridgehead atoms. The van der Waals surface area contributed by atoms with E-state index in [2.05, 4.69) is 19.7 Å². The number of halogens is 2. The third-order valence-corrected chi connectivity index (χ3v) is 4.08. The van der Waals surface area contributed by atoms with Crippen LogP contribution in [0.2, 0.25) is 0 Å². The zero-order valence-electron chi connectivity index (χ0n) is 9.76. The maximum Gasteiger partial charge on any atom is 0.387 e. The van der Waals surface area contributed by atoms with Gasteiger partial charge in [-0.3, -0.25) is 4.72 Å². The third-order valence-electron chi connectivity index (χ3n) is 2.21. The van der Waals surface area contributed by atoms with Crippen molar-refractivity contribution in [1.82, 2.24) is 4.72 Å². The van der Waals surface area contributed by atoms with E-state index in [1.165, 1.54) is 18.2 Å². The van der Waals surface area contributed by atoms with Crippen LogP contribution in [0.1, 0.15) is 5.56 Å². The van der Waals surface area contributed by atoms with Crippen LogP contribution in [-0.4, -0.2) is 33.0 Å². The summed E-state index contributed by atoms with van der Waals surface area (Å²) >= 11 is 0. The predicted octanol–water partition coefficient (Wildman–Crippen LogP) is 1.57. The Bertz CT molecular complexity index is 671. The number of fused-ring (bicyclic) bond motifs is 1. The number of nitrogens with zero attached hydrogens (tertiary/aromatic N) is 1. The SMILES string of the molecule is C=S(C)N=C1NS(=O)(=O)c2cccc(OC(F)F)c21. The van der Waals surface area contributed by atoms with Gasteiger partial charge in [0.05, 0.1) is 5.56 Å². The second-order valence-corrected chi connectivity index (χ2v) is 6.69. The largest absolute Gasteiger partial charge is 0.434 e. The monoisotopic (exact) mass is 308 g/mol. The molecule has 5 nitrogen and oxygen atoms in total. The molecular formula is C10H10F2N2O3S2. The van der Waals surface area contributed by atoms with Crippen LogP contribution in [-0.2, 0) is 10.0 Å². The Kier molecular flexibility index (Phi) is 3.59. The number of alkyl halides is 2. The van der Waals surface area contributed by atoms with E-state index >= 15 is 0 Å². The van der Waals surface area contributed by atoms with E-state index in [0.717, 1.165) is 0 Å². The molecule has 1 aliphatic heterocycles. The van der Waals surface area contributed by atoms with Crippen molar-refractivity contribution in [1.29, 1.82) is 0 Å². The van der Waals surface area contributed by atoms with Gasteiger partial charge in [0, 0.05) is 0 Å². The molecule has 0 aromatic heterocycles. The fourth-order valence-electron chi connectivity index (χ4n) is 1.62. The molecule has 9 heteroatoms. The van der Waals surface area contributed by atoms with Crippen LogP contribution < -0.4 is 9.46 Å². The Hall–Kier alpha value is -1.48. The van der Waals surface area contributed by atoms with Crippen molar-refractivity contribution >= 4 is 32.4 Å². The first kappa shape index (κ1) is 13.9. The normalized spacial score (nSPS) is 20.1. The van der Waals surface area contributed by atoms with Gasteiger partial charge in [-0.1, -0.05) is 22.6 Å². The van der Waals surface area contributed by atoms with E-state index in [0.29, 0.717) is 0 Å². The molecule has 104 valence electrons. The Morgan fingerprint density at radius 2 is 2.16 bits per heavy atom. The average molecular weight is 308 g/mol. The summed E-state index contributed by atoms with van der Waals surface area (Å²) in [5.41, 5.74) is 0.0193. The summed E-state index contributed by atoms with van der Waals surface area (Å²) in [6.45, 7) is -3.05. The van der Waals surface area contributed by atoms with Crippen molar-refractivity contribution in [2.45, 2.75) is 11.5 Å². The molecule has 0 amide bonds. The van der Waals surface area contributed by atoms with Gasteiger partial charge < -0.3 is 4.74 Å². The highest BCUT2D eigenvalue weighted by atomic mass is 32.2. The van der Waals surface area contributed by atoms with Crippen molar-refractivity contribution in [2.75, 3.05) is 6.26 Å². The molecule has 0 saturated carbocycles. The topological polar surface area (TPSA) is 67.8 Å². The molecule has 1 heterocycles. The highest BCUT2D eigenvalue weighted by Crippen LogP contribution is 2.32. The summed E-state index contributed by atoms with van der Waals surface area (Å²) in [4.78, 5) is -0.130. The molecule has 0 fully saturated rings. The van der Waals surface area contributed by atoms with Gasteiger partial charge in [-0.25, -0.2) is 12.8 Å². The number of amidine groups is 1. The first-order chi connectivity index (χ1) is 8.81. The van der Waals surface area contributed by atoms with Crippen molar-refractivity contribution < 1.29 is 21.9 Å². The molecule has 0 aliphatic carbocycles. The van der Waals surface area contributed by atoms with Crippen LogP contribution >= 0.6 is 10.7 Å². The van der Waals surface area contributed by atoms with Gasteiger partial charge in [0.2, 0.25) is 0 Å². The van der Waals surface area contributed by atoms with E-state index in [9.17, 15) is 17.2 Å². The fourth-order valence-corrected chi connectivity index (χ4v) is 3.36. The van der Waals surface area contributed by atoms with Crippen molar-refractivity contribution in [2.24, 2.45) is 4.40 Å². The lowest BCUT2D eigenvalue weighted by Crippen LogP contribution is -2.22. The lowest BCUT2D eigenvalue weighted by Gasteiger charge is -2.08. The zero-order chi connectivity index (χ0) is 14.2.